The number of carboxylic acid groups (broad SMARTS) is 1. The van der Waals surface area contributed by atoms with Crippen LogP contribution in [0.1, 0.15) is 26.5 Å². The van der Waals surface area contributed by atoms with Crippen LogP contribution in [-0.4, -0.2) is 29.1 Å². The van der Waals surface area contributed by atoms with E-state index < -0.39 is 5.97 Å². The van der Waals surface area contributed by atoms with Crippen LogP contribution in [0.2, 0.25) is 0 Å². The summed E-state index contributed by atoms with van der Waals surface area (Å²) in [6.07, 6.45) is 0.919. The summed E-state index contributed by atoms with van der Waals surface area (Å²) in [6.45, 7) is 7.10. The van der Waals surface area contributed by atoms with E-state index >= 15 is 0 Å². The molecule has 0 fully saturated rings. The third-order valence-electron chi connectivity index (χ3n) is 2.47. The van der Waals surface area contributed by atoms with Crippen LogP contribution in [0, 0.1) is 5.92 Å². The van der Waals surface area contributed by atoms with E-state index in [1.54, 1.807) is 18.3 Å². The molecule has 1 atom stereocenters. The molecule has 4 nitrogen and oxygen atoms in total. The first kappa shape index (κ1) is 13.0. The monoisotopic (exact) mass is 242 g/mol. The fraction of sp³-hybridized carbons (Fsp3) is 0.636. The predicted octanol–water partition coefficient (Wildman–Crippen LogP) is 2.25. The third kappa shape index (κ3) is 3.20. The molecule has 0 aliphatic heterocycles. The molecule has 90 valence electrons. The Morgan fingerprint density at radius 3 is 2.75 bits per heavy atom. The van der Waals surface area contributed by atoms with Crippen LogP contribution in [0.15, 0.2) is 5.38 Å². The third-order valence-corrected chi connectivity index (χ3v) is 3.42. The van der Waals surface area contributed by atoms with Crippen molar-refractivity contribution in [2.45, 2.75) is 27.2 Å². The molecule has 5 heteroatoms. The van der Waals surface area contributed by atoms with E-state index in [9.17, 15) is 4.79 Å². The van der Waals surface area contributed by atoms with E-state index in [-0.39, 0.29) is 5.92 Å². The average Bonchev–Trinajstić information content (AvgIpc) is 2.73. The molecule has 1 rings (SSSR count). The molecule has 0 aliphatic rings. The first-order chi connectivity index (χ1) is 7.58. The summed E-state index contributed by atoms with van der Waals surface area (Å²) >= 11 is 1.58. The van der Waals surface area contributed by atoms with Gasteiger partial charge in [-0.2, -0.15) is 0 Å². The van der Waals surface area contributed by atoms with Gasteiger partial charge in [-0.1, -0.05) is 13.8 Å². The summed E-state index contributed by atoms with van der Waals surface area (Å²) in [5, 5.41) is 11.8. The van der Waals surface area contributed by atoms with Gasteiger partial charge < -0.3 is 10.0 Å². The smallest absolute Gasteiger partial charge is 0.308 e. The number of aromatic nitrogens is 1. The van der Waals surface area contributed by atoms with E-state index in [2.05, 4.69) is 11.9 Å². The minimum Gasteiger partial charge on any atom is -0.481 e. The summed E-state index contributed by atoms with van der Waals surface area (Å²) < 4.78 is 0. The fourth-order valence-corrected chi connectivity index (χ4v) is 2.34. The molecule has 16 heavy (non-hydrogen) atoms. The largest absolute Gasteiger partial charge is 0.481 e. The molecule has 0 amide bonds. The van der Waals surface area contributed by atoms with Gasteiger partial charge in [0.15, 0.2) is 5.13 Å². The highest BCUT2D eigenvalue weighted by molar-refractivity contribution is 7.13. The molecular formula is C11H18N2O2S. The molecule has 1 aromatic rings. The van der Waals surface area contributed by atoms with Crippen molar-refractivity contribution in [2.75, 3.05) is 18.0 Å². The number of anilines is 1. The van der Waals surface area contributed by atoms with E-state index in [0.29, 0.717) is 6.54 Å². The zero-order valence-corrected chi connectivity index (χ0v) is 10.8. The van der Waals surface area contributed by atoms with Gasteiger partial charge in [0.25, 0.3) is 0 Å². The Morgan fingerprint density at radius 1 is 1.62 bits per heavy atom. The van der Waals surface area contributed by atoms with Crippen molar-refractivity contribution in [2.24, 2.45) is 5.92 Å². The topological polar surface area (TPSA) is 53.4 Å². The van der Waals surface area contributed by atoms with Crippen molar-refractivity contribution in [1.29, 1.82) is 0 Å². The number of hydrogen-bond acceptors (Lipinski definition) is 4. The quantitative estimate of drug-likeness (QED) is 0.831. The molecule has 1 aromatic heterocycles. The molecular weight excluding hydrogens is 224 g/mol. The van der Waals surface area contributed by atoms with Gasteiger partial charge in [-0.15, -0.1) is 11.3 Å². The van der Waals surface area contributed by atoms with Gasteiger partial charge in [0.1, 0.15) is 0 Å². The van der Waals surface area contributed by atoms with Gasteiger partial charge in [0.05, 0.1) is 11.6 Å². The number of aryl methyl sites for hydroxylation is 1. The average molecular weight is 242 g/mol. The van der Waals surface area contributed by atoms with Crippen molar-refractivity contribution in [1.82, 2.24) is 4.98 Å². The molecule has 0 radical (unpaired) electrons. The standard InChI is InChI=1S/C11H18N2O2S/c1-4-9-7-16-11(12-9)13(5-2)6-8(3)10(14)15/h7-8H,4-6H2,1-3H3,(H,14,15). The summed E-state index contributed by atoms with van der Waals surface area (Å²) in [7, 11) is 0. The number of thiazole rings is 1. The summed E-state index contributed by atoms with van der Waals surface area (Å²) in [5.41, 5.74) is 1.07. The van der Waals surface area contributed by atoms with Crippen LogP contribution in [0.5, 0.6) is 0 Å². The lowest BCUT2D eigenvalue weighted by Crippen LogP contribution is -2.31. The van der Waals surface area contributed by atoms with Crippen LogP contribution < -0.4 is 4.90 Å². The van der Waals surface area contributed by atoms with E-state index in [4.69, 9.17) is 5.11 Å². The Bertz CT molecular complexity index is 352. The number of carboxylic acids is 1. The number of aliphatic carboxylic acids is 1. The lowest BCUT2D eigenvalue weighted by Gasteiger charge is -2.21. The van der Waals surface area contributed by atoms with E-state index in [1.165, 1.54) is 0 Å². The highest BCUT2D eigenvalue weighted by Crippen LogP contribution is 2.21. The molecule has 0 saturated heterocycles. The predicted molar refractivity (Wildman–Crippen MR) is 66.2 cm³/mol. The van der Waals surface area contributed by atoms with Gasteiger partial charge in [-0.05, 0) is 13.3 Å². The van der Waals surface area contributed by atoms with Crippen molar-refractivity contribution >= 4 is 22.4 Å². The maximum atomic E-state index is 10.8. The Morgan fingerprint density at radius 2 is 2.31 bits per heavy atom. The first-order valence-electron chi connectivity index (χ1n) is 5.50. The zero-order valence-electron chi connectivity index (χ0n) is 9.93. The highest BCUT2D eigenvalue weighted by Gasteiger charge is 2.17. The van der Waals surface area contributed by atoms with Gasteiger partial charge in [-0.25, -0.2) is 4.98 Å². The summed E-state index contributed by atoms with van der Waals surface area (Å²) in [4.78, 5) is 17.3. The molecule has 0 spiro atoms. The summed E-state index contributed by atoms with van der Waals surface area (Å²) in [5.74, 6) is -1.13. The number of nitrogens with zero attached hydrogens (tertiary/aromatic N) is 2. The van der Waals surface area contributed by atoms with Crippen molar-refractivity contribution in [3.05, 3.63) is 11.1 Å². The van der Waals surface area contributed by atoms with Crippen LogP contribution >= 0.6 is 11.3 Å². The number of hydrogen-bond donors (Lipinski definition) is 1. The lowest BCUT2D eigenvalue weighted by molar-refractivity contribution is -0.140. The van der Waals surface area contributed by atoms with E-state index in [1.807, 2.05) is 17.2 Å². The SMILES string of the molecule is CCc1csc(N(CC)CC(C)C(=O)O)n1. The van der Waals surface area contributed by atoms with Crippen LogP contribution in [0.3, 0.4) is 0 Å². The van der Waals surface area contributed by atoms with Crippen LogP contribution in [-0.2, 0) is 11.2 Å². The maximum Gasteiger partial charge on any atom is 0.308 e. The second kappa shape index (κ2) is 5.84. The van der Waals surface area contributed by atoms with Crippen LogP contribution in [0.4, 0.5) is 5.13 Å². The molecule has 1 unspecified atom stereocenters. The summed E-state index contributed by atoms with van der Waals surface area (Å²) in [6, 6.07) is 0. The molecule has 1 heterocycles. The highest BCUT2D eigenvalue weighted by atomic mass is 32.1. The lowest BCUT2D eigenvalue weighted by atomic mass is 10.2. The van der Waals surface area contributed by atoms with Gasteiger partial charge >= 0.3 is 5.97 Å². The second-order valence-corrected chi connectivity index (χ2v) is 4.59. The Labute approximate surface area is 99.9 Å². The number of carbonyl (C=O) groups is 1. The molecule has 0 aliphatic carbocycles. The Kier molecular flexibility index (Phi) is 4.73. The van der Waals surface area contributed by atoms with E-state index in [0.717, 1.165) is 23.8 Å². The molecule has 0 aromatic carbocycles. The first-order valence-corrected chi connectivity index (χ1v) is 6.38. The van der Waals surface area contributed by atoms with Crippen molar-refractivity contribution in [3.8, 4) is 0 Å². The maximum absolute atomic E-state index is 10.8. The second-order valence-electron chi connectivity index (χ2n) is 3.75. The van der Waals surface area contributed by atoms with Gasteiger partial charge in [-0.3, -0.25) is 4.79 Å². The van der Waals surface area contributed by atoms with Crippen molar-refractivity contribution in [3.63, 3.8) is 0 Å². The molecule has 1 N–H and O–H groups in total. The van der Waals surface area contributed by atoms with Gasteiger partial charge in [0, 0.05) is 18.5 Å². The molecule has 0 saturated carbocycles. The fourth-order valence-electron chi connectivity index (χ4n) is 1.36. The Balaban J connectivity index is 2.70. The molecule has 0 bridgehead atoms. The van der Waals surface area contributed by atoms with Crippen molar-refractivity contribution < 1.29 is 9.90 Å². The zero-order chi connectivity index (χ0) is 12.1. The minimum absolute atomic E-state index is 0.367. The Hall–Kier alpha value is -1.10. The van der Waals surface area contributed by atoms with Crippen LogP contribution in [0.25, 0.3) is 0 Å². The van der Waals surface area contributed by atoms with Gasteiger partial charge in [0.2, 0.25) is 0 Å². The number of rotatable bonds is 6. The normalized spacial score (nSPS) is 12.4. The minimum atomic E-state index is -0.759.